The standard InChI is InChI=1S/C15H10BrN3OS/c16-12-8-4-7-11(9-12)13(20)17-15-19-18-14(21-15)10-5-2-1-3-6-10/h1-9H,(H,17,19,20). The molecule has 1 N–H and O–H groups in total. The van der Waals surface area contributed by atoms with E-state index >= 15 is 0 Å². The van der Waals surface area contributed by atoms with E-state index in [0.717, 1.165) is 15.0 Å². The Balaban J connectivity index is 1.77. The maximum Gasteiger partial charge on any atom is 0.257 e. The largest absolute Gasteiger partial charge is 0.296 e. The first-order chi connectivity index (χ1) is 10.2. The Labute approximate surface area is 134 Å². The van der Waals surface area contributed by atoms with Crippen LogP contribution < -0.4 is 5.32 Å². The third-order valence-electron chi connectivity index (χ3n) is 2.75. The van der Waals surface area contributed by atoms with Crippen molar-refractivity contribution in [2.45, 2.75) is 0 Å². The van der Waals surface area contributed by atoms with Gasteiger partial charge in [0.25, 0.3) is 5.91 Å². The van der Waals surface area contributed by atoms with Gasteiger partial charge in [-0.2, -0.15) is 0 Å². The van der Waals surface area contributed by atoms with Crippen molar-refractivity contribution < 1.29 is 4.79 Å². The highest BCUT2D eigenvalue weighted by atomic mass is 79.9. The van der Waals surface area contributed by atoms with E-state index in [2.05, 4.69) is 31.4 Å². The highest BCUT2D eigenvalue weighted by molar-refractivity contribution is 9.10. The zero-order valence-corrected chi connectivity index (χ0v) is 13.2. The molecule has 0 unspecified atom stereocenters. The smallest absolute Gasteiger partial charge is 0.257 e. The van der Waals surface area contributed by atoms with Crippen LogP contribution in [0.1, 0.15) is 10.4 Å². The van der Waals surface area contributed by atoms with E-state index in [-0.39, 0.29) is 5.91 Å². The summed E-state index contributed by atoms with van der Waals surface area (Å²) < 4.78 is 0.859. The lowest BCUT2D eigenvalue weighted by molar-refractivity contribution is 0.102. The molecule has 1 amide bonds. The van der Waals surface area contributed by atoms with E-state index in [1.54, 1.807) is 12.1 Å². The Morgan fingerprint density at radius 2 is 1.86 bits per heavy atom. The fraction of sp³-hybridized carbons (Fsp3) is 0. The number of halogens is 1. The molecule has 0 radical (unpaired) electrons. The zero-order valence-electron chi connectivity index (χ0n) is 10.8. The van der Waals surface area contributed by atoms with Gasteiger partial charge in [0, 0.05) is 15.6 Å². The fourth-order valence-electron chi connectivity index (χ4n) is 1.77. The molecule has 3 aromatic rings. The quantitative estimate of drug-likeness (QED) is 0.761. The molecule has 3 rings (SSSR count). The van der Waals surface area contributed by atoms with Gasteiger partial charge in [-0.1, -0.05) is 63.7 Å². The summed E-state index contributed by atoms with van der Waals surface area (Å²) in [5.41, 5.74) is 1.55. The van der Waals surface area contributed by atoms with Crippen molar-refractivity contribution >= 4 is 38.3 Å². The lowest BCUT2D eigenvalue weighted by Crippen LogP contribution is -2.11. The van der Waals surface area contributed by atoms with Crippen molar-refractivity contribution in [2.24, 2.45) is 0 Å². The van der Waals surface area contributed by atoms with E-state index in [1.807, 2.05) is 42.5 Å². The summed E-state index contributed by atoms with van der Waals surface area (Å²) in [5, 5.41) is 12.1. The fourth-order valence-corrected chi connectivity index (χ4v) is 2.91. The summed E-state index contributed by atoms with van der Waals surface area (Å²) in [6.45, 7) is 0. The molecule has 0 aliphatic heterocycles. The van der Waals surface area contributed by atoms with E-state index in [4.69, 9.17) is 0 Å². The third-order valence-corrected chi connectivity index (χ3v) is 4.13. The lowest BCUT2D eigenvalue weighted by atomic mass is 10.2. The molecule has 4 nitrogen and oxygen atoms in total. The maximum absolute atomic E-state index is 12.1. The molecule has 1 heterocycles. The minimum atomic E-state index is -0.202. The molecule has 2 aromatic carbocycles. The number of anilines is 1. The van der Waals surface area contributed by atoms with Crippen LogP contribution in [0.3, 0.4) is 0 Å². The molecule has 104 valence electrons. The second kappa shape index (κ2) is 6.15. The van der Waals surface area contributed by atoms with Gasteiger partial charge < -0.3 is 0 Å². The molecule has 0 saturated heterocycles. The Kier molecular flexibility index (Phi) is 4.08. The first-order valence-corrected chi connectivity index (χ1v) is 7.79. The van der Waals surface area contributed by atoms with Crippen LogP contribution in [-0.4, -0.2) is 16.1 Å². The lowest BCUT2D eigenvalue weighted by Gasteiger charge is -2.01. The van der Waals surface area contributed by atoms with Crippen molar-refractivity contribution in [3.05, 3.63) is 64.6 Å². The average Bonchev–Trinajstić information content (AvgIpc) is 2.97. The zero-order chi connectivity index (χ0) is 14.7. The Morgan fingerprint density at radius 1 is 1.05 bits per heavy atom. The second-order valence-corrected chi connectivity index (χ2v) is 6.14. The molecule has 0 spiro atoms. The van der Waals surface area contributed by atoms with Gasteiger partial charge in [0.15, 0.2) is 0 Å². The van der Waals surface area contributed by atoms with Gasteiger partial charge >= 0.3 is 0 Å². The number of carbonyl (C=O) groups is 1. The van der Waals surface area contributed by atoms with Gasteiger partial charge in [0.05, 0.1) is 0 Å². The van der Waals surface area contributed by atoms with Crippen molar-refractivity contribution in [1.82, 2.24) is 10.2 Å². The van der Waals surface area contributed by atoms with Crippen molar-refractivity contribution in [3.8, 4) is 10.6 Å². The van der Waals surface area contributed by atoms with E-state index < -0.39 is 0 Å². The minimum absolute atomic E-state index is 0.202. The molecule has 0 aliphatic rings. The summed E-state index contributed by atoms with van der Waals surface area (Å²) in [5.74, 6) is -0.202. The third kappa shape index (κ3) is 3.34. The Bertz CT molecular complexity index is 773. The first kappa shape index (κ1) is 13.9. The van der Waals surface area contributed by atoms with Crippen LogP contribution in [0.2, 0.25) is 0 Å². The first-order valence-electron chi connectivity index (χ1n) is 6.18. The van der Waals surface area contributed by atoms with Crippen LogP contribution in [0.4, 0.5) is 5.13 Å². The molecule has 0 bridgehead atoms. The summed E-state index contributed by atoms with van der Waals surface area (Å²) in [6.07, 6.45) is 0. The maximum atomic E-state index is 12.1. The summed E-state index contributed by atoms with van der Waals surface area (Å²) in [6, 6.07) is 16.9. The van der Waals surface area contributed by atoms with Gasteiger partial charge in [0.1, 0.15) is 5.01 Å². The normalized spacial score (nSPS) is 10.3. The SMILES string of the molecule is O=C(Nc1nnc(-c2ccccc2)s1)c1cccc(Br)c1. The number of benzene rings is 2. The molecule has 21 heavy (non-hydrogen) atoms. The topological polar surface area (TPSA) is 54.9 Å². The van der Waals surface area contributed by atoms with Crippen molar-refractivity contribution in [1.29, 1.82) is 0 Å². The predicted octanol–water partition coefficient (Wildman–Crippen LogP) is 4.22. The number of hydrogen-bond acceptors (Lipinski definition) is 4. The second-order valence-electron chi connectivity index (χ2n) is 4.24. The van der Waals surface area contributed by atoms with Gasteiger partial charge in [0.2, 0.25) is 5.13 Å². The molecular weight excluding hydrogens is 350 g/mol. The predicted molar refractivity (Wildman–Crippen MR) is 87.4 cm³/mol. The van der Waals surface area contributed by atoms with Crippen LogP contribution in [0.15, 0.2) is 59.1 Å². The average molecular weight is 360 g/mol. The molecule has 6 heteroatoms. The number of carbonyl (C=O) groups excluding carboxylic acids is 1. The summed E-state index contributed by atoms with van der Waals surface area (Å²) in [4.78, 5) is 12.1. The minimum Gasteiger partial charge on any atom is -0.296 e. The van der Waals surface area contributed by atoms with E-state index in [9.17, 15) is 4.79 Å². The molecule has 0 atom stereocenters. The van der Waals surface area contributed by atoms with E-state index in [1.165, 1.54) is 11.3 Å². The molecule has 0 saturated carbocycles. The van der Waals surface area contributed by atoms with Crippen LogP contribution in [-0.2, 0) is 0 Å². The van der Waals surface area contributed by atoms with Crippen LogP contribution in [0, 0.1) is 0 Å². The number of rotatable bonds is 3. The molecule has 0 fully saturated rings. The number of nitrogens with one attached hydrogen (secondary N) is 1. The van der Waals surface area contributed by atoms with E-state index in [0.29, 0.717) is 10.7 Å². The number of amides is 1. The van der Waals surface area contributed by atoms with Crippen LogP contribution in [0.25, 0.3) is 10.6 Å². The Hall–Kier alpha value is -2.05. The van der Waals surface area contributed by atoms with Gasteiger partial charge in [-0.3, -0.25) is 10.1 Å². The van der Waals surface area contributed by atoms with Gasteiger partial charge in [-0.15, -0.1) is 10.2 Å². The number of nitrogens with zero attached hydrogens (tertiary/aromatic N) is 2. The monoisotopic (exact) mass is 359 g/mol. The summed E-state index contributed by atoms with van der Waals surface area (Å²) in [7, 11) is 0. The highest BCUT2D eigenvalue weighted by Gasteiger charge is 2.11. The highest BCUT2D eigenvalue weighted by Crippen LogP contribution is 2.26. The molecule has 1 aromatic heterocycles. The van der Waals surface area contributed by atoms with Crippen LogP contribution in [0.5, 0.6) is 0 Å². The molecule has 0 aliphatic carbocycles. The van der Waals surface area contributed by atoms with Crippen molar-refractivity contribution in [2.75, 3.05) is 5.32 Å². The van der Waals surface area contributed by atoms with Crippen LogP contribution >= 0.6 is 27.3 Å². The Morgan fingerprint density at radius 3 is 2.62 bits per heavy atom. The number of hydrogen-bond donors (Lipinski definition) is 1. The molecular formula is C15H10BrN3OS. The summed E-state index contributed by atoms with van der Waals surface area (Å²) >= 11 is 4.69. The van der Waals surface area contributed by atoms with Crippen molar-refractivity contribution in [3.63, 3.8) is 0 Å². The van der Waals surface area contributed by atoms with Gasteiger partial charge in [-0.05, 0) is 18.2 Å². The number of aromatic nitrogens is 2. The van der Waals surface area contributed by atoms with Gasteiger partial charge in [-0.25, -0.2) is 0 Å².